The molecule has 3 heteroatoms. The lowest BCUT2D eigenvalue weighted by Gasteiger charge is -2.10. The van der Waals surface area contributed by atoms with Crippen molar-refractivity contribution in [2.75, 3.05) is 11.1 Å². The van der Waals surface area contributed by atoms with Crippen LogP contribution in [0.1, 0.15) is 5.56 Å². The molecule has 0 saturated heterocycles. The van der Waals surface area contributed by atoms with Crippen molar-refractivity contribution in [1.82, 2.24) is 0 Å². The van der Waals surface area contributed by atoms with E-state index in [9.17, 15) is 0 Å². The van der Waals surface area contributed by atoms with Gasteiger partial charge >= 0.3 is 0 Å². The van der Waals surface area contributed by atoms with Gasteiger partial charge in [0.05, 0.1) is 11.4 Å². The monoisotopic (exact) mass is 276 g/mol. The van der Waals surface area contributed by atoms with Gasteiger partial charge in [0, 0.05) is 10.2 Å². The van der Waals surface area contributed by atoms with E-state index >= 15 is 0 Å². The zero-order valence-electron chi connectivity index (χ0n) is 9.00. The van der Waals surface area contributed by atoms with Crippen LogP contribution in [0.15, 0.2) is 46.9 Å². The molecule has 3 N–H and O–H groups in total. The molecule has 0 radical (unpaired) electrons. The molecule has 0 fully saturated rings. The van der Waals surface area contributed by atoms with Crippen LogP contribution in [0.3, 0.4) is 0 Å². The van der Waals surface area contributed by atoms with Gasteiger partial charge in [-0.05, 0) is 42.8 Å². The summed E-state index contributed by atoms with van der Waals surface area (Å²) in [7, 11) is 0. The Morgan fingerprint density at radius 2 is 1.94 bits per heavy atom. The molecule has 0 unspecified atom stereocenters. The maximum absolute atomic E-state index is 5.93. The van der Waals surface area contributed by atoms with Gasteiger partial charge in [-0.15, -0.1) is 0 Å². The fourth-order valence-corrected chi connectivity index (χ4v) is 1.92. The van der Waals surface area contributed by atoms with Crippen LogP contribution in [-0.2, 0) is 0 Å². The van der Waals surface area contributed by atoms with Crippen molar-refractivity contribution in [3.63, 3.8) is 0 Å². The zero-order chi connectivity index (χ0) is 11.5. The molecule has 82 valence electrons. The number of nitrogen functional groups attached to an aromatic ring is 1. The SMILES string of the molecule is Cc1ccc(Nc2cccc(Br)c2)c(N)c1. The zero-order valence-corrected chi connectivity index (χ0v) is 10.6. The largest absolute Gasteiger partial charge is 0.397 e. The highest BCUT2D eigenvalue weighted by molar-refractivity contribution is 9.10. The molecule has 0 atom stereocenters. The molecule has 0 bridgehead atoms. The Kier molecular flexibility index (Phi) is 3.15. The molecule has 0 aliphatic carbocycles. The highest BCUT2D eigenvalue weighted by Crippen LogP contribution is 2.25. The first-order chi connectivity index (χ1) is 7.65. The lowest BCUT2D eigenvalue weighted by atomic mass is 10.2. The second-order valence-corrected chi connectivity index (χ2v) is 4.64. The summed E-state index contributed by atoms with van der Waals surface area (Å²) in [6, 6.07) is 14.0. The first-order valence-electron chi connectivity index (χ1n) is 5.04. The van der Waals surface area contributed by atoms with Gasteiger partial charge in [-0.2, -0.15) is 0 Å². The van der Waals surface area contributed by atoms with Gasteiger partial charge in [-0.3, -0.25) is 0 Å². The van der Waals surface area contributed by atoms with E-state index in [1.165, 1.54) is 0 Å². The molecule has 0 heterocycles. The van der Waals surface area contributed by atoms with Crippen molar-refractivity contribution in [3.05, 3.63) is 52.5 Å². The molecular formula is C13H13BrN2. The fraction of sp³-hybridized carbons (Fsp3) is 0.0769. The molecular weight excluding hydrogens is 264 g/mol. The molecule has 2 aromatic rings. The molecule has 0 amide bonds. The van der Waals surface area contributed by atoms with Gasteiger partial charge < -0.3 is 11.1 Å². The van der Waals surface area contributed by atoms with E-state index in [0.29, 0.717) is 0 Å². The van der Waals surface area contributed by atoms with E-state index < -0.39 is 0 Å². The average molecular weight is 277 g/mol. The minimum absolute atomic E-state index is 0.764. The summed E-state index contributed by atoms with van der Waals surface area (Å²) in [5.41, 5.74) is 9.81. The molecule has 2 nitrogen and oxygen atoms in total. The standard InChI is InChI=1S/C13H13BrN2/c1-9-5-6-13(12(15)7-9)16-11-4-2-3-10(14)8-11/h2-8,16H,15H2,1H3. The number of hydrogen-bond acceptors (Lipinski definition) is 2. The number of hydrogen-bond donors (Lipinski definition) is 2. The third kappa shape index (κ3) is 2.55. The molecule has 0 aliphatic heterocycles. The average Bonchev–Trinajstić information content (AvgIpc) is 2.22. The summed E-state index contributed by atoms with van der Waals surface area (Å²) >= 11 is 3.43. The lowest BCUT2D eigenvalue weighted by molar-refractivity contribution is 1.45. The van der Waals surface area contributed by atoms with E-state index in [4.69, 9.17) is 5.73 Å². The second kappa shape index (κ2) is 4.58. The van der Waals surface area contributed by atoms with Crippen molar-refractivity contribution in [2.24, 2.45) is 0 Å². The smallest absolute Gasteiger partial charge is 0.0618 e. The second-order valence-electron chi connectivity index (χ2n) is 3.73. The molecule has 0 aromatic heterocycles. The number of halogens is 1. The Morgan fingerprint density at radius 3 is 2.62 bits per heavy atom. The molecule has 2 rings (SSSR count). The minimum Gasteiger partial charge on any atom is -0.397 e. The van der Waals surface area contributed by atoms with Crippen LogP contribution in [0.5, 0.6) is 0 Å². The molecule has 0 spiro atoms. The number of anilines is 3. The Bertz CT molecular complexity index is 509. The summed E-state index contributed by atoms with van der Waals surface area (Å²) < 4.78 is 1.04. The minimum atomic E-state index is 0.764. The highest BCUT2D eigenvalue weighted by atomic mass is 79.9. The maximum atomic E-state index is 5.93. The Labute approximate surface area is 104 Å². The van der Waals surface area contributed by atoms with E-state index in [0.717, 1.165) is 27.1 Å². The van der Waals surface area contributed by atoms with Gasteiger partial charge in [0.25, 0.3) is 0 Å². The van der Waals surface area contributed by atoms with Gasteiger partial charge in [-0.25, -0.2) is 0 Å². The Hall–Kier alpha value is -1.48. The molecule has 16 heavy (non-hydrogen) atoms. The maximum Gasteiger partial charge on any atom is 0.0618 e. The highest BCUT2D eigenvalue weighted by Gasteiger charge is 2.00. The van der Waals surface area contributed by atoms with E-state index in [2.05, 4.69) is 21.2 Å². The van der Waals surface area contributed by atoms with Crippen LogP contribution in [0.4, 0.5) is 17.1 Å². The van der Waals surface area contributed by atoms with Crippen LogP contribution in [0, 0.1) is 6.92 Å². The number of aryl methyl sites for hydroxylation is 1. The summed E-state index contributed by atoms with van der Waals surface area (Å²) in [5.74, 6) is 0. The third-order valence-electron chi connectivity index (χ3n) is 2.31. The summed E-state index contributed by atoms with van der Waals surface area (Å²) in [4.78, 5) is 0. The number of nitrogens with two attached hydrogens (primary N) is 1. The normalized spacial score (nSPS) is 10.1. The molecule has 2 aromatic carbocycles. The number of nitrogens with one attached hydrogen (secondary N) is 1. The van der Waals surface area contributed by atoms with Crippen LogP contribution < -0.4 is 11.1 Å². The predicted molar refractivity (Wildman–Crippen MR) is 73.0 cm³/mol. The third-order valence-corrected chi connectivity index (χ3v) is 2.80. The van der Waals surface area contributed by atoms with Crippen molar-refractivity contribution in [3.8, 4) is 0 Å². The van der Waals surface area contributed by atoms with E-state index in [1.807, 2.05) is 49.4 Å². The first kappa shape index (κ1) is 11.0. The van der Waals surface area contributed by atoms with E-state index in [-0.39, 0.29) is 0 Å². The molecule has 0 aliphatic rings. The van der Waals surface area contributed by atoms with Crippen molar-refractivity contribution in [2.45, 2.75) is 6.92 Å². The van der Waals surface area contributed by atoms with Crippen LogP contribution in [0.25, 0.3) is 0 Å². The van der Waals surface area contributed by atoms with Crippen molar-refractivity contribution in [1.29, 1.82) is 0 Å². The Morgan fingerprint density at radius 1 is 1.12 bits per heavy atom. The van der Waals surface area contributed by atoms with Gasteiger partial charge in [-0.1, -0.05) is 28.1 Å². The number of rotatable bonds is 2. The summed E-state index contributed by atoms with van der Waals surface area (Å²) in [6.07, 6.45) is 0. The van der Waals surface area contributed by atoms with Crippen LogP contribution >= 0.6 is 15.9 Å². The summed E-state index contributed by atoms with van der Waals surface area (Å²) in [6.45, 7) is 2.03. The van der Waals surface area contributed by atoms with Crippen LogP contribution in [-0.4, -0.2) is 0 Å². The van der Waals surface area contributed by atoms with Crippen LogP contribution in [0.2, 0.25) is 0 Å². The first-order valence-corrected chi connectivity index (χ1v) is 5.83. The van der Waals surface area contributed by atoms with Crippen molar-refractivity contribution >= 4 is 33.0 Å². The predicted octanol–water partition coefficient (Wildman–Crippen LogP) is 4.08. The van der Waals surface area contributed by atoms with Crippen molar-refractivity contribution < 1.29 is 0 Å². The van der Waals surface area contributed by atoms with Gasteiger partial charge in [0.15, 0.2) is 0 Å². The molecule has 0 saturated carbocycles. The van der Waals surface area contributed by atoms with Gasteiger partial charge in [0.1, 0.15) is 0 Å². The Balaban J connectivity index is 2.27. The van der Waals surface area contributed by atoms with E-state index in [1.54, 1.807) is 0 Å². The fourth-order valence-electron chi connectivity index (χ4n) is 1.52. The topological polar surface area (TPSA) is 38.0 Å². The lowest BCUT2D eigenvalue weighted by Crippen LogP contribution is -1.96. The number of benzene rings is 2. The quantitative estimate of drug-likeness (QED) is 0.811. The summed E-state index contributed by atoms with van der Waals surface area (Å²) in [5, 5.41) is 3.29. The van der Waals surface area contributed by atoms with Gasteiger partial charge in [0.2, 0.25) is 0 Å².